The highest BCUT2D eigenvalue weighted by Crippen LogP contribution is 2.72. The van der Waals surface area contributed by atoms with Crippen LogP contribution in [0.4, 0.5) is 0 Å². The molecule has 0 radical (unpaired) electrons. The number of rotatable bonds is 0. The average Bonchev–Trinajstić information content (AvgIpc) is 2.74. The first-order valence-corrected chi connectivity index (χ1v) is 5.53. The SMILES string of the molecule is O[C@H]1CCC[C@]23CCCC[C@H]2[C@H]13. The van der Waals surface area contributed by atoms with Crippen molar-refractivity contribution >= 4 is 0 Å². The molecule has 4 atom stereocenters. The van der Waals surface area contributed by atoms with E-state index in [9.17, 15) is 5.11 Å². The van der Waals surface area contributed by atoms with Crippen molar-refractivity contribution in [1.82, 2.24) is 0 Å². The van der Waals surface area contributed by atoms with Crippen LogP contribution in [0.2, 0.25) is 0 Å². The molecule has 1 N–H and O–H groups in total. The minimum absolute atomic E-state index is 0.0712. The zero-order chi connectivity index (χ0) is 8.18. The quantitative estimate of drug-likeness (QED) is 0.585. The van der Waals surface area contributed by atoms with Gasteiger partial charge in [-0.2, -0.15) is 0 Å². The van der Waals surface area contributed by atoms with E-state index in [1.165, 1.54) is 38.5 Å². The van der Waals surface area contributed by atoms with Crippen LogP contribution in [0.5, 0.6) is 0 Å². The van der Waals surface area contributed by atoms with Gasteiger partial charge in [-0.1, -0.05) is 19.3 Å². The number of aliphatic hydroxyl groups is 1. The molecular weight excluding hydrogens is 148 g/mol. The summed E-state index contributed by atoms with van der Waals surface area (Å²) in [6.45, 7) is 0. The highest BCUT2D eigenvalue weighted by Gasteiger charge is 2.67. The third-order valence-corrected chi connectivity index (χ3v) is 4.69. The lowest BCUT2D eigenvalue weighted by Crippen LogP contribution is -2.21. The second-order valence-electron chi connectivity index (χ2n) is 5.07. The molecule has 0 bridgehead atoms. The Kier molecular flexibility index (Phi) is 1.39. The van der Waals surface area contributed by atoms with Crippen molar-refractivity contribution in [2.45, 2.75) is 51.0 Å². The van der Waals surface area contributed by atoms with Crippen LogP contribution in [0.3, 0.4) is 0 Å². The van der Waals surface area contributed by atoms with Gasteiger partial charge in [-0.15, -0.1) is 0 Å². The van der Waals surface area contributed by atoms with Crippen LogP contribution in [-0.4, -0.2) is 11.2 Å². The van der Waals surface area contributed by atoms with Crippen molar-refractivity contribution in [2.75, 3.05) is 0 Å². The third-order valence-electron chi connectivity index (χ3n) is 4.69. The Balaban J connectivity index is 1.85. The van der Waals surface area contributed by atoms with Crippen LogP contribution in [-0.2, 0) is 0 Å². The molecule has 0 aromatic carbocycles. The van der Waals surface area contributed by atoms with Gasteiger partial charge in [-0.05, 0) is 42.9 Å². The van der Waals surface area contributed by atoms with Crippen molar-refractivity contribution in [1.29, 1.82) is 0 Å². The summed E-state index contributed by atoms with van der Waals surface area (Å²) in [4.78, 5) is 0. The Labute approximate surface area is 74.2 Å². The maximum absolute atomic E-state index is 9.84. The molecule has 1 nitrogen and oxygen atoms in total. The highest BCUT2D eigenvalue weighted by molar-refractivity contribution is 5.15. The Morgan fingerprint density at radius 1 is 1.00 bits per heavy atom. The van der Waals surface area contributed by atoms with E-state index < -0.39 is 0 Å². The first kappa shape index (κ1) is 7.37. The van der Waals surface area contributed by atoms with Gasteiger partial charge in [0.05, 0.1) is 6.10 Å². The van der Waals surface area contributed by atoms with Gasteiger partial charge in [0.25, 0.3) is 0 Å². The molecule has 1 heteroatoms. The summed E-state index contributed by atoms with van der Waals surface area (Å²) in [6.07, 6.45) is 9.58. The average molecular weight is 166 g/mol. The summed E-state index contributed by atoms with van der Waals surface area (Å²) in [5, 5.41) is 9.84. The molecule has 0 aromatic heterocycles. The molecule has 3 aliphatic carbocycles. The predicted octanol–water partition coefficient (Wildman–Crippen LogP) is 2.34. The number of fused-ring (bicyclic) bond motifs is 1. The van der Waals surface area contributed by atoms with E-state index in [1.807, 2.05) is 0 Å². The predicted molar refractivity (Wildman–Crippen MR) is 47.7 cm³/mol. The summed E-state index contributed by atoms with van der Waals surface area (Å²) in [7, 11) is 0. The molecule has 0 saturated heterocycles. The number of hydrogen-bond donors (Lipinski definition) is 1. The van der Waals surface area contributed by atoms with Gasteiger partial charge in [0.15, 0.2) is 0 Å². The lowest BCUT2D eigenvalue weighted by Gasteiger charge is -2.26. The van der Waals surface area contributed by atoms with Crippen LogP contribution in [0, 0.1) is 17.3 Å². The van der Waals surface area contributed by atoms with E-state index in [2.05, 4.69) is 0 Å². The fourth-order valence-electron chi connectivity index (χ4n) is 4.20. The Morgan fingerprint density at radius 3 is 2.75 bits per heavy atom. The zero-order valence-electron chi connectivity index (χ0n) is 7.63. The summed E-state index contributed by atoms with van der Waals surface area (Å²) < 4.78 is 0. The minimum atomic E-state index is 0.0712. The molecule has 68 valence electrons. The first-order chi connectivity index (χ1) is 5.84. The van der Waals surface area contributed by atoms with E-state index in [4.69, 9.17) is 0 Å². The van der Waals surface area contributed by atoms with Crippen molar-refractivity contribution < 1.29 is 5.11 Å². The van der Waals surface area contributed by atoms with E-state index in [0.29, 0.717) is 5.41 Å². The first-order valence-electron chi connectivity index (χ1n) is 5.53. The van der Waals surface area contributed by atoms with Gasteiger partial charge >= 0.3 is 0 Å². The second kappa shape index (κ2) is 2.25. The van der Waals surface area contributed by atoms with Crippen molar-refractivity contribution in [3.05, 3.63) is 0 Å². The Hall–Kier alpha value is -0.0400. The number of hydrogen-bond acceptors (Lipinski definition) is 1. The summed E-state index contributed by atoms with van der Waals surface area (Å²) in [6, 6.07) is 0. The second-order valence-corrected chi connectivity index (χ2v) is 5.07. The van der Waals surface area contributed by atoms with Gasteiger partial charge < -0.3 is 5.11 Å². The van der Waals surface area contributed by atoms with Crippen LogP contribution >= 0.6 is 0 Å². The molecular formula is C11H18O. The van der Waals surface area contributed by atoms with Crippen molar-refractivity contribution in [3.8, 4) is 0 Å². The van der Waals surface area contributed by atoms with Crippen molar-refractivity contribution in [3.63, 3.8) is 0 Å². The van der Waals surface area contributed by atoms with Gasteiger partial charge in [-0.3, -0.25) is 0 Å². The summed E-state index contributed by atoms with van der Waals surface area (Å²) in [5.74, 6) is 1.66. The van der Waals surface area contributed by atoms with Crippen LogP contribution in [0.25, 0.3) is 0 Å². The van der Waals surface area contributed by atoms with Crippen molar-refractivity contribution in [2.24, 2.45) is 17.3 Å². The zero-order valence-corrected chi connectivity index (χ0v) is 7.63. The third kappa shape index (κ3) is 0.736. The Bertz CT molecular complexity index is 197. The maximum Gasteiger partial charge on any atom is 0.0576 e. The normalized spacial score (nSPS) is 57.2. The molecule has 12 heavy (non-hydrogen) atoms. The van der Waals surface area contributed by atoms with Gasteiger partial charge in [0.1, 0.15) is 0 Å². The summed E-state index contributed by atoms with van der Waals surface area (Å²) in [5.41, 5.74) is 0.663. The standard InChI is InChI=1S/C11H18O/c12-9-5-3-7-11-6-2-1-4-8(11)10(9)11/h8-10,12H,1-7H2/t8-,9-,10+,11+/m0/s1. The molecule has 3 fully saturated rings. The lowest BCUT2D eigenvalue weighted by atomic mass is 9.80. The van der Waals surface area contributed by atoms with Crippen LogP contribution < -0.4 is 0 Å². The smallest absolute Gasteiger partial charge is 0.0576 e. The lowest BCUT2D eigenvalue weighted by molar-refractivity contribution is 0.0901. The van der Waals surface area contributed by atoms with E-state index in [1.54, 1.807) is 0 Å². The minimum Gasteiger partial charge on any atom is -0.393 e. The molecule has 0 aliphatic heterocycles. The monoisotopic (exact) mass is 166 g/mol. The van der Waals surface area contributed by atoms with E-state index in [0.717, 1.165) is 18.3 Å². The van der Waals surface area contributed by atoms with Crippen LogP contribution in [0.15, 0.2) is 0 Å². The van der Waals surface area contributed by atoms with Gasteiger partial charge in [-0.25, -0.2) is 0 Å². The molecule has 3 rings (SSSR count). The summed E-state index contributed by atoms with van der Waals surface area (Å²) >= 11 is 0. The Morgan fingerprint density at radius 2 is 1.83 bits per heavy atom. The molecule has 0 amide bonds. The molecule has 0 heterocycles. The van der Waals surface area contributed by atoms with Gasteiger partial charge in [0, 0.05) is 0 Å². The molecule has 3 saturated carbocycles. The molecule has 0 aromatic rings. The topological polar surface area (TPSA) is 20.2 Å². The fourth-order valence-corrected chi connectivity index (χ4v) is 4.20. The highest BCUT2D eigenvalue weighted by atomic mass is 16.3. The van der Waals surface area contributed by atoms with E-state index >= 15 is 0 Å². The molecule has 0 unspecified atom stereocenters. The largest absolute Gasteiger partial charge is 0.393 e. The van der Waals surface area contributed by atoms with Crippen LogP contribution in [0.1, 0.15) is 44.9 Å². The van der Waals surface area contributed by atoms with E-state index in [-0.39, 0.29) is 6.10 Å². The maximum atomic E-state index is 9.84. The fraction of sp³-hybridized carbons (Fsp3) is 1.00. The molecule has 1 spiro atoms. The van der Waals surface area contributed by atoms with Gasteiger partial charge in [0.2, 0.25) is 0 Å². The molecule has 3 aliphatic rings. The number of aliphatic hydroxyl groups excluding tert-OH is 1.